The van der Waals surface area contributed by atoms with Crippen LogP contribution >= 0.6 is 0 Å². The van der Waals surface area contributed by atoms with Gasteiger partial charge in [0.25, 0.3) is 0 Å². The Bertz CT molecular complexity index is 1940. The predicted octanol–water partition coefficient (Wildman–Crippen LogP) is 3.33. The van der Waals surface area contributed by atoms with Crippen LogP contribution in [0.25, 0.3) is 22.3 Å². The number of anilines is 1. The molecule has 18 heteroatoms. The summed E-state index contributed by atoms with van der Waals surface area (Å²) in [5.74, 6) is -1.82. The third-order valence-corrected chi connectivity index (χ3v) is 9.14. The van der Waals surface area contributed by atoms with E-state index in [0.717, 1.165) is 48.3 Å². The lowest BCUT2D eigenvalue weighted by Gasteiger charge is -2.38. The van der Waals surface area contributed by atoms with Gasteiger partial charge in [0, 0.05) is 30.4 Å². The number of halogens is 3. The molecule has 4 aromatic rings. The number of nitriles is 1. The summed E-state index contributed by atoms with van der Waals surface area (Å²) in [7, 11) is 1.16. The van der Waals surface area contributed by atoms with Gasteiger partial charge in [-0.3, -0.25) is 14.1 Å². The molecule has 15 nitrogen and oxygen atoms in total. The highest BCUT2D eigenvalue weighted by Crippen LogP contribution is 2.39. The molecule has 6 atom stereocenters. The van der Waals surface area contributed by atoms with Crippen molar-refractivity contribution in [2.75, 3.05) is 11.9 Å². The zero-order chi connectivity index (χ0) is 35.9. The second-order valence-corrected chi connectivity index (χ2v) is 12.2. The first kappa shape index (κ1) is 34.8. The summed E-state index contributed by atoms with van der Waals surface area (Å²) in [5.41, 5.74) is -0.470. The van der Waals surface area contributed by atoms with Crippen molar-refractivity contribution in [2.45, 2.75) is 75.0 Å². The summed E-state index contributed by atoms with van der Waals surface area (Å²) in [5, 5.41) is 54.4. The van der Waals surface area contributed by atoms with Crippen LogP contribution in [0.15, 0.2) is 49.2 Å². The van der Waals surface area contributed by atoms with E-state index in [1.165, 1.54) is 12.5 Å². The number of rotatable bonds is 8. The summed E-state index contributed by atoms with van der Waals surface area (Å²) < 4.78 is 55.0. The van der Waals surface area contributed by atoms with Gasteiger partial charge in [-0.05, 0) is 43.0 Å². The third kappa shape index (κ3) is 6.47. The van der Waals surface area contributed by atoms with Crippen molar-refractivity contribution in [3.63, 3.8) is 0 Å². The number of fused-ring (bicyclic) bond motifs is 1. The van der Waals surface area contributed by atoms with Gasteiger partial charge in [0.05, 0.1) is 41.7 Å². The molecule has 2 fully saturated rings. The van der Waals surface area contributed by atoms with Crippen LogP contribution in [0.2, 0.25) is 0 Å². The van der Waals surface area contributed by atoms with E-state index in [9.17, 15) is 48.4 Å². The van der Waals surface area contributed by atoms with E-state index in [1.54, 1.807) is 23.1 Å². The van der Waals surface area contributed by atoms with Crippen molar-refractivity contribution < 1.29 is 52.7 Å². The van der Waals surface area contributed by atoms with E-state index in [0.29, 0.717) is 34.7 Å². The summed E-state index contributed by atoms with van der Waals surface area (Å²) in [6.45, 7) is 0. The fraction of sp³-hybridized carbons (Fsp3) is 0.438. The summed E-state index contributed by atoms with van der Waals surface area (Å²) in [4.78, 5) is 34.9. The van der Waals surface area contributed by atoms with Crippen molar-refractivity contribution in [1.82, 2.24) is 24.3 Å². The van der Waals surface area contributed by atoms with E-state index in [2.05, 4.69) is 21.1 Å². The maximum Gasteiger partial charge on any atom is 0.416 e. The third-order valence-electron chi connectivity index (χ3n) is 9.14. The minimum absolute atomic E-state index is 0.110. The highest BCUT2D eigenvalue weighted by Gasteiger charge is 2.48. The Hall–Kier alpha value is -5.09. The van der Waals surface area contributed by atoms with Crippen LogP contribution in [-0.4, -0.2) is 94.5 Å². The Morgan fingerprint density at radius 2 is 1.88 bits per heavy atom. The molecule has 0 bridgehead atoms. The number of amides is 1. The number of aliphatic hydroxyl groups excluding tert-OH is 3. The molecule has 0 spiro atoms. The van der Waals surface area contributed by atoms with Crippen LogP contribution in [0.1, 0.15) is 43.7 Å². The topological polar surface area (TPSA) is 209 Å². The Labute approximate surface area is 281 Å². The standard InChI is InChI=1S/C32H32F3N7O8/c1-40(21-12-18(32(33,34)35)6-7-22(21)49-30-26(45)24(43)25(44)27(50-30)29(46)47)31(48)41-11-9-19-23(37-15-38-28(19)41)17-13-39-42(14-17)20(8-10-36)16-4-2-3-5-16/h6-7,9,11-16,20,24-27,30,43-45H,2-5,8H2,1H3,(H,46,47)/t20-,24+,25+,26-,27+,30-/m1/s1. The zero-order valence-corrected chi connectivity index (χ0v) is 26.4. The maximum atomic E-state index is 13.9. The van der Waals surface area contributed by atoms with E-state index >= 15 is 0 Å². The number of benzene rings is 1. The first-order chi connectivity index (χ1) is 23.8. The molecular formula is C32H32F3N7O8. The molecule has 6 rings (SSSR count). The van der Waals surface area contributed by atoms with Crippen LogP contribution in [0.3, 0.4) is 0 Å². The molecule has 1 aliphatic heterocycles. The molecule has 4 N–H and O–H groups in total. The molecule has 50 heavy (non-hydrogen) atoms. The van der Waals surface area contributed by atoms with Gasteiger partial charge < -0.3 is 29.9 Å². The largest absolute Gasteiger partial charge is 0.479 e. The smallest absolute Gasteiger partial charge is 0.416 e. The first-order valence-corrected chi connectivity index (χ1v) is 15.6. The average molecular weight is 700 g/mol. The number of carbonyl (C=O) groups excluding carboxylic acids is 1. The minimum Gasteiger partial charge on any atom is -0.479 e. The fourth-order valence-corrected chi connectivity index (χ4v) is 6.48. The van der Waals surface area contributed by atoms with Gasteiger partial charge in [0.1, 0.15) is 30.4 Å². The number of alkyl halides is 3. The molecule has 1 amide bonds. The quantitative estimate of drug-likeness (QED) is 0.209. The average Bonchev–Trinajstić information content (AvgIpc) is 3.88. The second kappa shape index (κ2) is 13.7. The monoisotopic (exact) mass is 699 g/mol. The summed E-state index contributed by atoms with van der Waals surface area (Å²) in [6.07, 6.45) is -4.50. The number of ether oxygens (including phenoxy) is 2. The molecule has 1 saturated carbocycles. The van der Waals surface area contributed by atoms with Gasteiger partial charge >= 0.3 is 18.2 Å². The van der Waals surface area contributed by atoms with Crippen molar-refractivity contribution in [3.8, 4) is 23.1 Å². The van der Waals surface area contributed by atoms with E-state index in [-0.39, 0.29) is 18.1 Å². The number of aliphatic hydroxyl groups is 3. The van der Waals surface area contributed by atoms with E-state index < -0.39 is 65.9 Å². The lowest BCUT2D eigenvalue weighted by Crippen LogP contribution is -2.61. The predicted molar refractivity (Wildman–Crippen MR) is 166 cm³/mol. The number of carboxylic acids is 1. The van der Waals surface area contributed by atoms with Crippen LogP contribution < -0.4 is 9.64 Å². The molecule has 3 aromatic heterocycles. The van der Waals surface area contributed by atoms with Gasteiger partial charge in [-0.25, -0.2) is 19.6 Å². The van der Waals surface area contributed by atoms with Crippen molar-refractivity contribution >= 4 is 28.7 Å². The molecule has 1 aliphatic carbocycles. The van der Waals surface area contributed by atoms with Gasteiger partial charge in [0.2, 0.25) is 6.29 Å². The molecule has 0 radical (unpaired) electrons. The number of aromatic nitrogens is 5. The first-order valence-electron chi connectivity index (χ1n) is 15.6. The minimum atomic E-state index is -4.84. The Kier molecular flexibility index (Phi) is 9.50. The second-order valence-electron chi connectivity index (χ2n) is 12.2. The van der Waals surface area contributed by atoms with Crippen LogP contribution in [0, 0.1) is 17.2 Å². The summed E-state index contributed by atoms with van der Waals surface area (Å²) in [6, 6.07) is 4.92. The van der Waals surface area contributed by atoms with Gasteiger partial charge in [-0.2, -0.15) is 23.5 Å². The molecule has 2 aliphatic rings. The SMILES string of the molecule is CN(C(=O)n1ccc2c(-c3cnn([C@H](CC#N)C4CCCC4)c3)ncnc21)c1cc(C(F)(F)F)ccc1O[C@@H]1O[C@H](C(=O)O)[C@@H](O)[C@H](O)[C@H]1O. The highest BCUT2D eigenvalue weighted by molar-refractivity contribution is 6.02. The number of nitrogens with zero attached hydrogens (tertiary/aromatic N) is 7. The lowest BCUT2D eigenvalue weighted by atomic mass is 9.96. The normalized spacial score (nSPS) is 23.4. The van der Waals surface area contributed by atoms with Gasteiger partial charge in [-0.15, -0.1) is 0 Å². The molecular weight excluding hydrogens is 667 g/mol. The summed E-state index contributed by atoms with van der Waals surface area (Å²) >= 11 is 0. The van der Waals surface area contributed by atoms with E-state index in [4.69, 9.17) is 9.47 Å². The number of carbonyl (C=O) groups is 2. The van der Waals surface area contributed by atoms with Crippen molar-refractivity contribution in [3.05, 3.63) is 54.7 Å². The van der Waals surface area contributed by atoms with Crippen molar-refractivity contribution in [2.24, 2.45) is 5.92 Å². The molecule has 4 heterocycles. The number of aliphatic carboxylic acids is 1. The zero-order valence-electron chi connectivity index (χ0n) is 26.4. The molecule has 264 valence electrons. The van der Waals surface area contributed by atoms with Crippen LogP contribution in [-0.2, 0) is 15.7 Å². The number of hydrogen-bond donors (Lipinski definition) is 4. The highest BCUT2D eigenvalue weighted by atomic mass is 19.4. The molecule has 0 unspecified atom stereocenters. The van der Waals surface area contributed by atoms with Crippen LogP contribution in [0.5, 0.6) is 5.75 Å². The van der Waals surface area contributed by atoms with E-state index in [1.807, 2.05) is 0 Å². The van der Waals surface area contributed by atoms with Crippen LogP contribution in [0.4, 0.5) is 23.7 Å². The molecule has 1 aromatic carbocycles. The van der Waals surface area contributed by atoms with Gasteiger partial charge in [0.15, 0.2) is 11.8 Å². The van der Waals surface area contributed by atoms with Gasteiger partial charge in [-0.1, -0.05) is 12.8 Å². The Morgan fingerprint density at radius 1 is 1.14 bits per heavy atom. The maximum absolute atomic E-state index is 13.9. The lowest BCUT2D eigenvalue weighted by molar-refractivity contribution is -0.271. The number of hydrogen-bond acceptors (Lipinski definition) is 11. The Morgan fingerprint density at radius 3 is 2.56 bits per heavy atom. The molecule has 1 saturated heterocycles. The number of carboxylic acid groups (broad SMARTS) is 1. The Balaban J connectivity index is 1.32. The van der Waals surface area contributed by atoms with Crippen molar-refractivity contribution in [1.29, 1.82) is 5.26 Å². The fourth-order valence-electron chi connectivity index (χ4n) is 6.48.